The van der Waals surface area contributed by atoms with Crippen LogP contribution >= 0.6 is 11.6 Å². The van der Waals surface area contributed by atoms with Gasteiger partial charge in [-0.2, -0.15) is 0 Å². The van der Waals surface area contributed by atoms with Gasteiger partial charge in [-0.05, 0) is 49.4 Å². The smallest absolute Gasteiger partial charge is 0.312 e. The Morgan fingerprint density at radius 3 is 2.59 bits per heavy atom. The van der Waals surface area contributed by atoms with Crippen molar-refractivity contribution in [3.63, 3.8) is 0 Å². The van der Waals surface area contributed by atoms with Gasteiger partial charge in [-0.1, -0.05) is 37.6 Å². The number of ether oxygens (including phenoxy) is 2. The molecule has 0 aromatic heterocycles. The molecule has 6 atom stereocenters. The number of aliphatic hydroxyl groups is 1. The number of aliphatic hydroxyl groups excluding tert-OH is 1. The Balaban J connectivity index is 1.78. The van der Waals surface area contributed by atoms with Gasteiger partial charge in [0.2, 0.25) is 5.91 Å². The summed E-state index contributed by atoms with van der Waals surface area (Å²) >= 11 is 6.08. The quantitative estimate of drug-likeness (QED) is 0.268. The third kappa shape index (κ3) is 4.60. The maximum absolute atomic E-state index is 14.4. The van der Waals surface area contributed by atoms with Gasteiger partial charge in [0, 0.05) is 17.3 Å². The lowest BCUT2D eigenvalue weighted by Gasteiger charge is -2.40. The molecule has 1 spiro atoms. The molecule has 2 bridgehead atoms. The van der Waals surface area contributed by atoms with Crippen LogP contribution in [0.15, 0.2) is 49.6 Å². The van der Waals surface area contributed by atoms with Gasteiger partial charge < -0.3 is 24.4 Å². The fourth-order valence-electron chi connectivity index (χ4n) is 6.18. The van der Waals surface area contributed by atoms with Crippen LogP contribution in [-0.4, -0.2) is 71.3 Å². The summed E-state index contributed by atoms with van der Waals surface area (Å²) in [6.45, 7) is 11.3. The Hall–Kier alpha value is -2.68. The highest BCUT2D eigenvalue weighted by atomic mass is 35.5. The molecule has 3 fully saturated rings. The maximum atomic E-state index is 14.4. The zero-order chi connectivity index (χ0) is 26.9. The van der Waals surface area contributed by atoms with Crippen LogP contribution in [0.25, 0.3) is 0 Å². The van der Waals surface area contributed by atoms with Crippen LogP contribution in [-0.2, 0) is 23.9 Å². The van der Waals surface area contributed by atoms with E-state index in [1.807, 2.05) is 13.8 Å². The number of hydrogen-bond acceptors (Lipinski definition) is 6. The Bertz CT molecular complexity index is 1060. The maximum Gasteiger partial charge on any atom is 0.312 e. The molecule has 3 saturated heterocycles. The molecular weight excluding hydrogens is 496 g/mol. The normalized spacial score (nSPS) is 28.8. The van der Waals surface area contributed by atoms with Gasteiger partial charge in [0.15, 0.2) is 0 Å². The second-order valence-corrected chi connectivity index (χ2v) is 10.7. The number of hydrogen-bond donors (Lipinski definition) is 1. The molecule has 200 valence electrons. The van der Waals surface area contributed by atoms with E-state index in [4.69, 9.17) is 21.1 Å². The summed E-state index contributed by atoms with van der Waals surface area (Å²) in [6, 6.07) is 5.21. The van der Waals surface area contributed by atoms with Crippen LogP contribution in [0.4, 0.5) is 5.69 Å². The molecule has 2 amide bonds. The number of rotatable bonds is 11. The van der Waals surface area contributed by atoms with E-state index < -0.39 is 41.6 Å². The van der Waals surface area contributed by atoms with Crippen molar-refractivity contribution in [1.29, 1.82) is 0 Å². The topological polar surface area (TPSA) is 96.4 Å². The first-order valence-corrected chi connectivity index (χ1v) is 13.2. The summed E-state index contributed by atoms with van der Waals surface area (Å²) in [5.74, 6) is -3.00. The predicted molar refractivity (Wildman–Crippen MR) is 140 cm³/mol. The molecule has 0 saturated carbocycles. The molecule has 3 heterocycles. The van der Waals surface area contributed by atoms with Crippen LogP contribution < -0.4 is 4.90 Å². The van der Waals surface area contributed by atoms with Crippen LogP contribution in [0.5, 0.6) is 0 Å². The van der Waals surface area contributed by atoms with E-state index in [1.54, 1.807) is 41.3 Å². The molecule has 0 aliphatic carbocycles. The summed E-state index contributed by atoms with van der Waals surface area (Å²) in [5.41, 5.74) is -0.589. The summed E-state index contributed by atoms with van der Waals surface area (Å²) in [7, 11) is 0. The predicted octanol–water partition coefficient (Wildman–Crippen LogP) is 3.37. The monoisotopic (exact) mass is 530 g/mol. The van der Waals surface area contributed by atoms with Crippen LogP contribution in [0.1, 0.15) is 33.1 Å². The van der Waals surface area contributed by atoms with Gasteiger partial charge in [0.1, 0.15) is 11.6 Å². The van der Waals surface area contributed by atoms with Crippen LogP contribution in [0, 0.1) is 17.8 Å². The van der Waals surface area contributed by atoms with Crippen LogP contribution in [0.3, 0.4) is 0 Å². The number of carbonyl (C=O) groups excluding carboxylic acids is 3. The van der Waals surface area contributed by atoms with Crippen molar-refractivity contribution < 1.29 is 29.0 Å². The fraction of sp³-hybridized carbons (Fsp3) is 0.536. The van der Waals surface area contributed by atoms with Crippen molar-refractivity contribution >= 4 is 35.1 Å². The first-order chi connectivity index (χ1) is 17.7. The zero-order valence-corrected chi connectivity index (χ0v) is 22.1. The van der Waals surface area contributed by atoms with E-state index in [1.165, 1.54) is 4.90 Å². The molecule has 2 unspecified atom stereocenters. The molecule has 37 heavy (non-hydrogen) atoms. The number of likely N-dealkylation sites (tertiary alicyclic amines) is 1. The standard InChI is InChI=1S/C28H35ClN2O6/c1-5-7-15-36-27(35)22-21-12-13-28(37-21)23(22)25(33)31(20(16-32)17(3)4)24(28)26(34)30(14-6-2)19-10-8-18(29)9-11-19/h5-6,8-11,17,20-24,32H,1-2,7,12-16H2,3-4H3/t20-,21-,22+,23-,24?,28?/m0/s1. The van der Waals surface area contributed by atoms with E-state index >= 15 is 0 Å². The number of benzene rings is 1. The van der Waals surface area contributed by atoms with Gasteiger partial charge in [0.05, 0.1) is 37.2 Å². The van der Waals surface area contributed by atoms with Crippen molar-refractivity contribution in [1.82, 2.24) is 4.90 Å². The Morgan fingerprint density at radius 1 is 1.30 bits per heavy atom. The SMILES string of the molecule is C=CCCOC(=O)[C@@H]1[C@@H]2CCC3(O2)C(C(=O)N(CC=C)c2ccc(Cl)cc2)N([C@@H](CO)C(C)C)C(=O)[C@H]13. The zero-order valence-electron chi connectivity index (χ0n) is 21.3. The number of esters is 1. The average molecular weight is 531 g/mol. The van der Waals surface area contributed by atoms with Crippen molar-refractivity contribution in [2.24, 2.45) is 17.8 Å². The Kier molecular flexibility index (Phi) is 8.11. The second kappa shape index (κ2) is 11.0. The minimum absolute atomic E-state index is 0.141. The van der Waals surface area contributed by atoms with Crippen molar-refractivity contribution in [3.8, 4) is 0 Å². The number of halogens is 1. The van der Waals surface area contributed by atoms with E-state index in [-0.39, 0.29) is 37.5 Å². The van der Waals surface area contributed by atoms with E-state index in [9.17, 15) is 19.5 Å². The van der Waals surface area contributed by atoms with Gasteiger partial charge in [0.25, 0.3) is 5.91 Å². The highest BCUT2D eigenvalue weighted by molar-refractivity contribution is 6.30. The van der Waals surface area contributed by atoms with Crippen molar-refractivity contribution in [3.05, 3.63) is 54.6 Å². The lowest BCUT2D eigenvalue weighted by Crippen LogP contribution is -2.59. The molecule has 1 aromatic rings. The third-order valence-corrected chi connectivity index (χ3v) is 8.09. The molecule has 0 radical (unpaired) electrons. The summed E-state index contributed by atoms with van der Waals surface area (Å²) in [6.07, 6.45) is 4.26. The van der Waals surface area contributed by atoms with Crippen LogP contribution in [0.2, 0.25) is 5.02 Å². The molecule has 4 rings (SSSR count). The number of carbonyl (C=O) groups is 3. The minimum atomic E-state index is -1.19. The molecule has 1 aromatic carbocycles. The second-order valence-electron chi connectivity index (χ2n) is 10.3. The summed E-state index contributed by atoms with van der Waals surface area (Å²) in [4.78, 5) is 44.7. The number of nitrogens with zero attached hydrogens (tertiary/aromatic N) is 2. The molecule has 8 nitrogen and oxygen atoms in total. The molecule has 3 aliphatic heterocycles. The lowest BCUT2D eigenvalue weighted by atomic mass is 9.70. The fourth-order valence-corrected chi connectivity index (χ4v) is 6.30. The third-order valence-electron chi connectivity index (χ3n) is 7.84. The first kappa shape index (κ1) is 27.4. The first-order valence-electron chi connectivity index (χ1n) is 12.8. The van der Waals surface area contributed by atoms with E-state index in [0.717, 1.165) is 0 Å². The van der Waals surface area contributed by atoms with Crippen molar-refractivity contribution in [2.45, 2.75) is 56.9 Å². The summed E-state index contributed by atoms with van der Waals surface area (Å²) in [5, 5.41) is 10.9. The largest absolute Gasteiger partial charge is 0.465 e. The summed E-state index contributed by atoms with van der Waals surface area (Å²) < 4.78 is 11.9. The van der Waals surface area contributed by atoms with Gasteiger partial charge in [-0.15, -0.1) is 13.2 Å². The molecule has 1 N–H and O–H groups in total. The van der Waals surface area contributed by atoms with E-state index in [0.29, 0.717) is 30.0 Å². The van der Waals surface area contributed by atoms with Gasteiger partial charge in [-0.25, -0.2) is 0 Å². The number of fused-ring (bicyclic) bond motifs is 1. The van der Waals surface area contributed by atoms with Gasteiger partial charge >= 0.3 is 5.97 Å². The van der Waals surface area contributed by atoms with Gasteiger partial charge in [-0.3, -0.25) is 14.4 Å². The Morgan fingerprint density at radius 2 is 2.00 bits per heavy atom. The highest BCUT2D eigenvalue weighted by Gasteiger charge is 2.75. The highest BCUT2D eigenvalue weighted by Crippen LogP contribution is 2.59. The van der Waals surface area contributed by atoms with E-state index in [2.05, 4.69) is 13.2 Å². The van der Waals surface area contributed by atoms with Crippen molar-refractivity contribution in [2.75, 3.05) is 24.7 Å². The molecular formula is C28H35ClN2O6. The molecule has 3 aliphatic rings. The number of anilines is 1. The number of amides is 2. The Labute approximate surface area is 222 Å². The lowest BCUT2D eigenvalue weighted by molar-refractivity contribution is -0.156. The molecule has 9 heteroatoms. The average Bonchev–Trinajstić information content (AvgIpc) is 3.51. The minimum Gasteiger partial charge on any atom is -0.465 e.